The van der Waals surface area contributed by atoms with Gasteiger partial charge in [0.1, 0.15) is 11.9 Å². The van der Waals surface area contributed by atoms with Crippen LogP contribution in [0.25, 0.3) is 0 Å². The lowest BCUT2D eigenvalue weighted by Gasteiger charge is -2.37. The van der Waals surface area contributed by atoms with Gasteiger partial charge in [0.25, 0.3) is 0 Å². The first-order chi connectivity index (χ1) is 9.47. The van der Waals surface area contributed by atoms with Crippen molar-refractivity contribution in [3.63, 3.8) is 0 Å². The fourth-order valence-electron chi connectivity index (χ4n) is 2.34. The molecule has 112 valence electrons. The lowest BCUT2D eigenvalue weighted by atomic mass is 10.1. The van der Waals surface area contributed by atoms with E-state index in [-0.39, 0.29) is 6.04 Å². The molecule has 1 fully saturated rings. The van der Waals surface area contributed by atoms with Crippen LogP contribution in [0.1, 0.15) is 19.8 Å². The van der Waals surface area contributed by atoms with Crippen molar-refractivity contribution in [2.75, 3.05) is 13.1 Å². The van der Waals surface area contributed by atoms with Crippen LogP contribution >= 0.6 is 23.2 Å². The number of halogens is 2. The Balaban J connectivity index is 2.07. The summed E-state index contributed by atoms with van der Waals surface area (Å²) in [5.74, 6) is 0.597. The highest BCUT2D eigenvalue weighted by Crippen LogP contribution is 2.28. The van der Waals surface area contributed by atoms with E-state index >= 15 is 0 Å². The van der Waals surface area contributed by atoms with E-state index in [2.05, 4.69) is 4.90 Å². The molecular weight excluding hydrogens is 299 g/mol. The Bertz CT molecular complexity index is 449. The number of hydrogen-bond acceptors (Lipinski definition) is 4. The number of ether oxygens (including phenoxy) is 1. The van der Waals surface area contributed by atoms with Crippen LogP contribution in [0.3, 0.4) is 0 Å². The Morgan fingerprint density at radius 1 is 1.30 bits per heavy atom. The lowest BCUT2D eigenvalue weighted by Crippen LogP contribution is -2.51. The largest absolute Gasteiger partial charge is 0.472 e. The minimum Gasteiger partial charge on any atom is -0.472 e. The quantitative estimate of drug-likeness (QED) is 0.895. The van der Waals surface area contributed by atoms with E-state index < -0.39 is 12.3 Å². The summed E-state index contributed by atoms with van der Waals surface area (Å²) in [5.41, 5.74) is 5.90. The molecule has 1 saturated heterocycles. The van der Waals surface area contributed by atoms with Gasteiger partial charge >= 0.3 is 0 Å². The number of nitrogens with zero attached hydrogens (tertiary/aromatic N) is 1. The molecule has 1 heterocycles. The zero-order valence-corrected chi connectivity index (χ0v) is 12.9. The molecule has 20 heavy (non-hydrogen) atoms. The number of piperidine rings is 1. The zero-order chi connectivity index (χ0) is 14.7. The Labute approximate surface area is 129 Å². The van der Waals surface area contributed by atoms with Gasteiger partial charge in [0, 0.05) is 25.2 Å². The fraction of sp³-hybridized carbons (Fsp3) is 0.571. The van der Waals surface area contributed by atoms with Gasteiger partial charge in [-0.15, -0.1) is 0 Å². The van der Waals surface area contributed by atoms with Gasteiger partial charge in [-0.2, -0.15) is 0 Å². The van der Waals surface area contributed by atoms with Crippen LogP contribution in [-0.2, 0) is 0 Å². The molecular formula is C14H20Cl2N2O2. The molecule has 4 nitrogen and oxygen atoms in total. The van der Waals surface area contributed by atoms with E-state index in [1.165, 1.54) is 0 Å². The van der Waals surface area contributed by atoms with Crippen molar-refractivity contribution in [3.05, 3.63) is 28.2 Å². The van der Waals surface area contributed by atoms with E-state index in [4.69, 9.17) is 33.7 Å². The van der Waals surface area contributed by atoms with Crippen LogP contribution in [0.15, 0.2) is 18.2 Å². The van der Waals surface area contributed by atoms with Gasteiger partial charge < -0.3 is 15.6 Å². The Morgan fingerprint density at radius 2 is 1.95 bits per heavy atom. The molecule has 0 saturated carbocycles. The minimum atomic E-state index is -0.612. The molecule has 0 spiro atoms. The summed E-state index contributed by atoms with van der Waals surface area (Å²) in [5, 5.41) is 10.9. The average Bonchev–Trinajstić information content (AvgIpc) is 2.41. The second kappa shape index (κ2) is 6.96. The number of aliphatic hydroxyl groups is 1. The van der Waals surface area contributed by atoms with Gasteiger partial charge in [-0.1, -0.05) is 23.2 Å². The van der Waals surface area contributed by atoms with Crippen molar-refractivity contribution >= 4 is 23.2 Å². The maximum absolute atomic E-state index is 9.96. The second-order valence-electron chi connectivity index (χ2n) is 5.20. The summed E-state index contributed by atoms with van der Waals surface area (Å²) >= 11 is 11.9. The number of aliphatic hydroxyl groups excluding tert-OH is 1. The molecule has 2 rings (SSSR count). The monoisotopic (exact) mass is 318 g/mol. The summed E-state index contributed by atoms with van der Waals surface area (Å²) in [7, 11) is 0. The summed E-state index contributed by atoms with van der Waals surface area (Å²) in [6.45, 7) is 3.35. The van der Waals surface area contributed by atoms with E-state index in [0.717, 1.165) is 25.9 Å². The fourth-order valence-corrected chi connectivity index (χ4v) is 2.63. The van der Waals surface area contributed by atoms with Crippen LogP contribution in [0.5, 0.6) is 5.75 Å². The maximum atomic E-state index is 9.96. The Hall–Kier alpha value is -0.520. The Morgan fingerprint density at radius 3 is 2.50 bits per heavy atom. The summed E-state index contributed by atoms with van der Waals surface area (Å²) in [4.78, 5) is 2.11. The highest BCUT2D eigenvalue weighted by molar-refractivity contribution is 6.42. The smallest absolute Gasteiger partial charge is 0.178 e. The van der Waals surface area contributed by atoms with E-state index in [0.29, 0.717) is 15.8 Å². The van der Waals surface area contributed by atoms with Crippen LogP contribution in [-0.4, -0.2) is 41.5 Å². The molecule has 1 aromatic rings. The Kier molecular flexibility index (Phi) is 5.52. The average molecular weight is 319 g/mol. The number of benzene rings is 1. The third-order valence-corrected chi connectivity index (χ3v) is 4.23. The molecule has 0 aromatic heterocycles. The summed E-state index contributed by atoms with van der Waals surface area (Å²) in [6, 6.07) is 5.34. The molecule has 3 N–H and O–H groups in total. The zero-order valence-electron chi connectivity index (χ0n) is 11.4. The second-order valence-corrected chi connectivity index (χ2v) is 6.01. The van der Waals surface area contributed by atoms with Crippen molar-refractivity contribution in [1.82, 2.24) is 4.90 Å². The molecule has 2 atom stereocenters. The van der Waals surface area contributed by atoms with Crippen LogP contribution in [0.4, 0.5) is 0 Å². The first kappa shape index (κ1) is 15.9. The van der Waals surface area contributed by atoms with Gasteiger partial charge in [0.2, 0.25) is 0 Å². The predicted molar refractivity (Wildman–Crippen MR) is 81.3 cm³/mol. The molecule has 0 aliphatic carbocycles. The van der Waals surface area contributed by atoms with Crippen LogP contribution in [0, 0.1) is 0 Å². The maximum Gasteiger partial charge on any atom is 0.178 e. The van der Waals surface area contributed by atoms with Crippen LogP contribution < -0.4 is 10.5 Å². The number of rotatable bonds is 4. The third-order valence-electron chi connectivity index (χ3n) is 3.49. The summed E-state index contributed by atoms with van der Waals surface area (Å²) in [6.07, 6.45) is 0.806. The minimum absolute atomic E-state index is 0.242. The topological polar surface area (TPSA) is 58.7 Å². The van der Waals surface area contributed by atoms with Gasteiger partial charge in [-0.25, -0.2) is 0 Å². The molecule has 0 amide bonds. The van der Waals surface area contributed by atoms with Crippen molar-refractivity contribution in [1.29, 1.82) is 0 Å². The molecule has 1 aliphatic rings. The van der Waals surface area contributed by atoms with Gasteiger partial charge in [0.15, 0.2) is 6.23 Å². The summed E-state index contributed by atoms with van der Waals surface area (Å²) < 4.78 is 5.88. The standard InChI is InChI=1S/C14H20Cl2N2O2/c1-9(19)14(18-6-4-10(17)5-7-18)20-11-2-3-12(15)13(16)8-11/h2-3,8-10,14,19H,4-7,17H2,1H3. The molecule has 6 heteroatoms. The predicted octanol–water partition coefficient (Wildman–Crippen LogP) is 2.50. The number of nitrogens with two attached hydrogens (primary N) is 1. The number of hydrogen-bond donors (Lipinski definition) is 2. The number of likely N-dealkylation sites (tertiary alicyclic amines) is 1. The van der Waals surface area contributed by atoms with Crippen molar-refractivity contribution < 1.29 is 9.84 Å². The molecule has 0 radical (unpaired) electrons. The van der Waals surface area contributed by atoms with Gasteiger partial charge in [0.05, 0.1) is 10.0 Å². The molecule has 1 aliphatic heterocycles. The first-order valence-corrected chi connectivity index (χ1v) is 7.52. The SMILES string of the molecule is CC(O)C(Oc1ccc(Cl)c(Cl)c1)N1CCC(N)CC1. The van der Waals surface area contributed by atoms with Crippen molar-refractivity contribution in [2.24, 2.45) is 5.73 Å². The van der Waals surface area contributed by atoms with Crippen molar-refractivity contribution in [2.45, 2.75) is 38.1 Å². The van der Waals surface area contributed by atoms with E-state index in [1.54, 1.807) is 25.1 Å². The van der Waals surface area contributed by atoms with E-state index in [9.17, 15) is 5.11 Å². The molecule has 0 bridgehead atoms. The van der Waals surface area contributed by atoms with Gasteiger partial charge in [-0.3, -0.25) is 4.90 Å². The van der Waals surface area contributed by atoms with E-state index in [1.807, 2.05) is 0 Å². The van der Waals surface area contributed by atoms with Gasteiger partial charge in [-0.05, 0) is 31.9 Å². The highest BCUT2D eigenvalue weighted by Gasteiger charge is 2.28. The normalized spacial score (nSPS) is 20.6. The third kappa shape index (κ3) is 3.99. The molecule has 2 unspecified atom stereocenters. The lowest BCUT2D eigenvalue weighted by molar-refractivity contribution is -0.0667. The van der Waals surface area contributed by atoms with Crippen molar-refractivity contribution in [3.8, 4) is 5.75 Å². The first-order valence-electron chi connectivity index (χ1n) is 6.77. The molecule has 1 aromatic carbocycles. The van der Waals surface area contributed by atoms with Crippen LogP contribution in [0.2, 0.25) is 10.0 Å². The highest BCUT2D eigenvalue weighted by atomic mass is 35.5.